The van der Waals surface area contributed by atoms with Crippen molar-refractivity contribution in [2.24, 2.45) is 0 Å². The van der Waals surface area contributed by atoms with Gasteiger partial charge in [0.25, 0.3) is 0 Å². The first kappa shape index (κ1) is 14.3. The normalized spacial score (nSPS) is 11.4. The van der Waals surface area contributed by atoms with Crippen LogP contribution in [-0.4, -0.2) is 7.11 Å². The van der Waals surface area contributed by atoms with E-state index in [1.54, 1.807) is 6.07 Å². The molecule has 6 heteroatoms. The Labute approximate surface area is 114 Å². The van der Waals surface area contributed by atoms with Gasteiger partial charge in [-0.2, -0.15) is 13.2 Å². The minimum absolute atomic E-state index is 0.00546. The van der Waals surface area contributed by atoms with E-state index in [-0.39, 0.29) is 18.0 Å². The van der Waals surface area contributed by atoms with E-state index < -0.39 is 11.7 Å². The molecule has 20 heavy (non-hydrogen) atoms. The number of ether oxygens (including phenoxy) is 1. The summed E-state index contributed by atoms with van der Waals surface area (Å²) in [4.78, 5) is 0. The van der Waals surface area contributed by atoms with E-state index in [1.807, 2.05) is 6.92 Å². The first-order valence-corrected chi connectivity index (χ1v) is 5.94. The third-order valence-electron chi connectivity index (χ3n) is 2.94. The van der Waals surface area contributed by atoms with Crippen molar-refractivity contribution in [3.05, 3.63) is 47.4 Å². The molecule has 108 valence electrons. The van der Waals surface area contributed by atoms with Crippen molar-refractivity contribution in [3.8, 4) is 5.75 Å². The number of anilines is 1. The lowest BCUT2D eigenvalue weighted by Gasteiger charge is -2.15. The highest BCUT2D eigenvalue weighted by atomic mass is 19.4. The fourth-order valence-electron chi connectivity index (χ4n) is 1.80. The lowest BCUT2D eigenvalue weighted by Crippen LogP contribution is -2.11. The van der Waals surface area contributed by atoms with Crippen molar-refractivity contribution in [1.29, 1.82) is 0 Å². The van der Waals surface area contributed by atoms with E-state index in [2.05, 4.69) is 5.32 Å². The smallest absolute Gasteiger partial charge is 0.418 e. The zero-order valence-corrected chi connectivity index (χ0v) is 11.0. The average Bonchev–Trinajstić information content (AvgIpc) is 2.80. The van der Waals surface area contributed by atoms with Gasteiger partial charge >= 0.3 is 6.18 Å². The molecule has 0 spiro atoms. The number of halogens is 3. The lowest BCUT2D eigenvalue weighted by molar-refractivity contribution is -0.137. The Morgan fingerprint density at radius 1 is 1.25 bits per heavy atom. The van der Waals surface area contributed by atoms with Gasteiger partial charge in [0.1, 0.15) is 11.5 Å². The summed E-state index contributed by atoms with van der Waals surface area (Å²) in [5.74, 6) is 0.769. The van der Waals surface area contributed by atoms with Crippen LogP contribution in [0.1, 0.15) is 16.9 Å². The highest BCUT2D eigenvalue weighted by Crippen LogP contribution is 2.37. The van der Waals surface area contributed by atoms with Crippen LogP contribution < -0.4 is 10.1 Å². The molecule has 0 atom stereocenters. The molecule has 0 saturated carbocycles. The van der Waals surface area contributed by atoms with Gasteiger partial charge in [-0.3, -0.25) is 0 Å². The third-order valence-corrected chi connectivity index (χ3v) is 2.94. The fourth-order valence-corrected chi connectivity index (χ4v) is 1.80. The molecule has 1 N–H and O–H groups in total. The number of rotatable bonds is 4. The van der Waals surface area contributed by atoms with Gasteiger partial charge in [0.2, 0.25) is 0 Å². The van der Waals surface area contributed by atoms with E-state index in [0.29, 0.717) is 5.76 Å². The summed E-state index contributed by atoms with van der Waals surface area (Å²) in [6.07, 6.45) is -2.94. The molecular weight excluding hydrogens is 271 g/mol. The number of hydrogen-bond acceptors (Lipinski definition) is 3. The summed E-state index contributed by atoms with van der Waals surface area (Å²) in [7, 11) is 1.33. The largest absolute Gasteiger partial charge is 0.497 e. The van der Waals surface area contributed by atoms with Crippen molar-refractivity contribution < 1.29 is 22.3 Å². The number of furan rings is 1. The quantitative estimate of drug-likeness (QED) is 0.913. The van der Waals surface area contributed by atoms with Crippen LogP contribution in [0.15, 0.2) is 34.9 Å². The van der Waals surface area contributed by atoms with Gasteiger partial charge in [0.05, 0.1) is 25.5 Å². The molecule has 2 rings (SSSR count). The molecule has 0 fully saturated rings. The summed E-state index contributed by atoms with van der Waals surface area (Å²) >= 11 is 0. The lowest BCUT2D eigenvalue weighted by atomic mass is 10.1. The SMILES string of the molecule is COc1ccc(NCc2occc2C)c(C(F)(F)F)c1. The minimum Gasteiger partial charge on any atom is -0.497 e. The minimum atomic E-state index is -4.45. The number of methoxy groups -OCH3 is 1. The van der Waals surface area contributed by atoms with Gasteiger partial charge in [-0.1, -0.05) is 0 Å². The molecule has 1 aromatic carbocycles. The van der Waals surface area contributed by atoms with E-state index in [4.69, 9.17) is 9.15 Å². The van der Waals surface area contributed by atoms with Crippen molar-refractivity contribution >= 4 is 5.69 Å². The molecule has 0 bridgehead atoms. The Kier molecular flexibility index (Phi) is 3.92. The predicted molar refractivity (Wildman–Crippen MR) is 68.8 cm³/mol. The first-order chi connectivity index (χ1) is 9.41. The number of nitrogens with one attached hydrogen (secondary N) is 1. The maximum atomic E-state index is 13.0. The molecule has 0 aliphatic carbocycles. The van der Waals surface area contributed by atoms with Crippen molar-refractivity contribution in [2.45, 2.75) is 19.6 Å². The highest BCUT2D eigenvalue weighted by Gasteiger charge is 2.34. The molecule has 3 nitrogen and oxygen atoms in total. The van der Waals surface area contributed by atoms with E-state index in [9.17, 15) is 13.2 Å². The standard InChI is InChI=1S/C14H14F3NO2/c1-9-5-6-20-13(9)8-18-12-4-3-10(19-2)7-11(12)14(15,16)17/h3-7,18H,8H2,1-2H3. The van der Waals surface area contributed by atoms with Crippen LogP contribution in [0.5, 0.6) is 5.75 Å². The topological polar surface area (TPSA) is 34.4 Å². The summed E-state index contributed by atoms with van der Waals surface area (Å²) in [5, 5.41) is 2.75. The van der Waals surface area contributed by atoms with Gasteiger partial charge in [-0.05, 0) is 36.8 Å². The number of alkyl halides is 3. The average molecular weight is 285 g/mol. The first-order valence-electron chi connectivity index (χ1n) is 5.94. The monoisotopic (exact) mass is 285 g/mol. The summed E-state index contributed by atoms with van der Waals surface area (Å²) in [6.45, 7) is 2.02. The molecule has 1 aromatic heterocycles. The van der Waals surface area contributed by atoms with Gasteiger partial charge < -0.3 is 14.5 Å². The Morgan fingerprint density at radius 2 is 2.00 bits per heavy atom. The molecule has 0 amide bonds. The second kappa shape index (κ2) is 5.48. The second-order valence-corrected chi connectivity index (χ2v) is 4.29. The third kappa shape index (κ3) is 3.07. The maximum Gasteiger partial charge on any atom is 0.418 e. The maximum absolute atomic E-state index is 13.0. The fraction of sp³-hybridized carbons (Fsp3) is 0.286. The number of benzene rings is 1. The molecule has 1 heterocycles. The summed E-state index contributed by atoms with van der Waals surface area (Å²) < 4.78 is 49.0. The summed E-state index contributed by atoms with van der Waals surface area (Å²) in [5.41, 5.74) is 0.120. The van der Waals surface area contributed by atoms with E-state index >= 15 is 0 Å². The van der Waals surface area contributed by atoms with Crippen LogP contribution in [0.4, 0.5) is 18.9 Å². The van der Waals surface area contributed by atoms with Crippen LogP contribution in [0.25, 0.3) is 0 Å². The molecular formula is C14H14F3NO2. The van der Waals surface area contributed by atoms with Crippen LogP contribution in [0.3, 0.4) is 0 Å². The van der Waals surface area contributed by atoms with E-state index in [0.717, 1.165) is 11.6 Å². The molecule has 0 radical (unpaired) electrons. The van der Waals surface area contributed by atoms with Gasteiger partial charge in [0, 0.05) is 5.69 Å². The highest BCUT2D eigenvalue weighted by molar-refractivity contribution is 5.55. The van der Waals surface area contributed by atoms with Crippen molar-refractivity contribution in [3.63, 3.8) is 0 Å². The van der Waals surface area contributed by atoms with Crippen molar-refractivity contribution in [1.82, 2.24) is 0 Å². The zero-order valence-electron chi connectivity index (χ0n) is 11.0. The summed E-state index contributed by atoms with van der Waals surface area (Å²) in [6, 6.07) is 5.56. The Hall–Kier alpha value is -2.11. The molecule has 0 saturated heterocycles. The molecule has 0 unspecified atom stereocenters. The second-order valence-electron chi connectivity index (χ2n) is 4.29. The van der Waals surface area contributed by atoms with Crippen LogP contribution in [0.2, 0.25) is 0 Å². The molecule has 0 aliphatic heterocycles. The Balaban J connectivity index is 2.25. The Bertz CT molecular complexity index is 590. The predicted octanol–water partition coefficient (Wildman–Crippen LogP) is 4.23. The Morgan fingerprint density at radius 3 is 2.55 bits per heavy atom. The number of aryl methyl sites for hydroxylation is 1. The molecule has 2 aromatic rings. The van der Waals surface area contributed by atoms with Crippen LogP contribution in [-0.2, 0) is 12.7 Å². The van der Waals surface area contributed by atoms with Crippen LogP contribution >= 0.6 is 0 Å². The van der Waals surface area contributed by atoms with E-state index in [1.165, 1.54) is 25.5 Å². The van der Waals surface area contributed by atoms with Gasteiger partial charge in [0.15, 0.2) is 0 Å². The zero-order chi connectivity index (χ0) is 14.8. The van der Waals surface area contributed by atoms with Gasteiger partial charge in [-0.15, -0.1) is 0 Å². The number of hydrogen-bond donors (Lipinski definition) is 1. The van der Waals surface area contributed by atoms with Crippen molar-refractivity contribution in [2.75, 3.05) is 12.4 Å². The van der Waals surface area contributed by atoms with Gasteiger partial charge in [-0.25, -0.2) is 0 Å². The molecule has 0 aliphatic rings. The van der Waals surface area contributed by atoms with Crippen LogP contribution in [0, 0.1) is 6.92 Å².